The van der Waals surface area contributed by atoms with Crippen LogP contribution in [-0.4, -0.2) is 52.5 Å². The number of carbonyl (C=O) groups excluding carboxylic acids is 2. The van der Waals surface area contributed by atoms with Crippen molar-refractivity contribution in [3.8, 4) is 11.3 Å². The minimum Gasteiger partial charge on any atom is -0.444 e. The van der Waals surface area contributed by atoms with Crippen molar-refractivity contribution in [2.45, 2.75) is 39.0 Å². The predicted octanol–water partition coefficient (Wildman–Crippen LogP) is 2.73. The molecule has 9 heteroatoms. The van der Waals surface area contributed by atoms with E-state index in [-0.39, 0.29) is 37.0 Å². The van der Waals surface area contributed by atoms with Crippen LogP contribution in [0.15, 0.2) is 24.3 Å². The van der Waals surface area contributed by atoms with Crippen molar-refractivity contribution in [3.05, 3.63) is 41.3 Å². The summed E-state index contributed by atoms with van der Waals surface area (Å²) >= 11 is 0. The monoisotopic (exact) mass is 404 g/mol. The number of benzene rings is 1. The molecule has 29 heavy (non-hydrogen) atoms. The predicted molar refractivity (Wildman–Crippen MR) is 104 cm³/mol. The summed E-state index contributed by atoms with van der Waals surface area (Å²) < 4.78 is 26.2. The van der Waals surface area contributed by atoms with Gasteiger partial charge in [0.05, 0.1) is 30.5 Å². The Labute approximate surface area is 168 Å². The number of carbonyl (C=O) groups is 2. The van der Waals surface area contributed by atoms with Crippen molar-refractivity contribution in [3.63, 3.8) is 0 Å². The lowest BCUT2D eigenvalue weighted by Crippen LogP contribution is -2.45. The van der Waals surface area contributed by atoms with E-state index in [2.05, 4.69) is 5.10 Å². The molecule has 8 nitrogen and oxygen atoms in total. The maximum absolute atomic E-state index is 13.8. The van der Waals surface area contributed by atoms with Crippen LogP contribution < -0.4 is 5.73 Å². The molecule has 1 atom stereocenters. The molecule has 0 aliphatic carbocycles. The summed E-state index contributed by atoms with van der Waals surface area (Å²) in [6, 6.07) is 5.43. The van der Waals surface area contributed by atoms with Crippen LogP contribution in [0.4, 0.5) is 9.18 Å². The molecule has 2 amide bonds. The van der Waals surface area contributed by atoms with Gasteiger partial charge in [-0.2, -0.15) is 5.10 Å². The zero-order chi connectivity index (χ0) is 21.3. The Balaban J connectivity index is 2.08. The van der Waals surface area contributed by atoms with Gasteiger partial charge in [0.1, 0.15) is 17.1 Å². The van der Waals surface area contributed by atoms with E-state index in [9.17, 15) is 14.0 Å². The van der Waals surface area contributed by atoms with Gasteiger partial charge in [0.25, 0.3) is 5.91 Å². The molecular weight excluding hydrogens is 379 g/mol. The highest BCUT2D eigenvalue weighted by Crippen LogP contribution is 2.32. The number of nitrogens with two attached hydrogens (primary N) is 1. The van der Waals surface area contributed by atoms with Crippen LogP contribution in [-0.2, 0) is 16.0 Å². The van der Waals surface area contributed by atoms with Gasteiger partial charge in [-0.3, -0.25) is 9.48 Å². The first-order valence-electron chi connectivity index (χ1n) is 9.24. The lowest BCUT2D eigenvalue weighted by Gasteiger charge is -2.34. The van der Waals surface area contributed by atoms with Crippen LogP contribution in [0.25, 0.3) is 11.3 Å². The molecule has 2 aromatic rings. The quantitative estimate of drug-likeness (QED) is 0.845. The summed E-state index contributed by atoms with van der Waals surface area (Å²) in [5.41, 5.74) is 6.32. The number of hydrogen-bond donors (Lipinski definition) is 1. The van der Waals surface area contributed by atoms with E-state index >= 15 is 0 Å². The topological polar surface area (TPSA) is 99.7 Å². The molecule has 3 rings (SSSR count). The first-order chi connectivity index (χ1) is 13.6. The van der Waals surface area contributed by atoms with Crippen molar-refractivity contribution in [1.29, 1.82) is 0 Å². The van der Waals surface area contributed by atoms with Crippen molar-refractivity contribution in [2.75, 3.05) is 20.3 Å². The van der Waals surface area contributed by atoms with E-state index in [1.807, 2.05) is 0 Å². The average Bonchev–Trinajstić information content (AvgIpc) is 3.00. The summed E-state index contributed by atoms with van der Waals surface area (Å²) in [4.78, 5) is 26.4. The van der Waals surface area contributed by atoms with Crippen molar-refractivity contribution >= 4 is 12.0 Å². The Morgan fingerprint density at radius 3 is 2.66 bits per heavy atom. The molecule has 1 aliphatic heterocycles. The molecule has 2 heterocycles. The number of nitrogens with zero attached hydrogens (tertiary/aromatic N) is 3. The molecule has 0 saturated heterocycles. The van der Waals surface area contributed by atoms with Gasteiger partial charge in [0.2, 0.25) is 0 Å². The molecule has 0 fully saturated rings. The fourth-order valence-electron chi connectivity index (χ4n) is 3.38. The van der Waals surface area contributed by atoms with Gasteiger partial charge < -0.3 is 20.1 Å². The largest absolute Gasteiger partial charge is 0.444 e. The average molecular weight is 404 g/mol. The number of primary amides is 1. The number of hydrogen-bond acceptors (Lipinski definition) is 5. The second kappa shape index (κ2) is 7.82. The highest BCUT2D eigenvalue weighted by atomic mass is 19.1. The van der Waals surface area contributed by atoms with Gasteiger partial charge in [-0.1, -0.05) is 12.1 Å². The van der Waals surface area contributed by atoms with Crippen LogP contribution in [0.2, 0.25) is 0 Å². The Hall–Kier alpha value is -2.94. The van der Waals surface area contributed by atoms with E-state index in [1.165, 1.54) is 30.2 Å². The molecule has 1 unspecified atom stereocenters. The maximum Gasteiger partial charge on any atom is 0.410 e. The third-order valence-corrected chi connectivity index (χ3v) is 4.48. The summed E-state index contributed by atoms with van der Waals surface area (Å²) in [6.45, 7) is 5.98. The van der Waals surface area contributed by atoms with Crippen LogP contribution in [0.1, 0.15) is 42.9 Å². The normalized spacial score (nSPS) is 16.4. The van der Waals surface area contributed by atoms with Crippen LogP contribution in [0.3, 0.4) is 0 Å². The summed E-state index contributed by atoms with van der Waals surface area (Å²) in [5, 5.41) is 4.54. The number of halogens is 1. The smallest absolute Gasteiger partial charge is 0.410 e. The number of ether oxygens (including phenoxy) is 2. The number of fused-ring (bicyclic) bond motifs is 1. The summed E-state index contributed by atoms with van der Waals surface area (Å²) in [6.07, 6.45) is -0.506. The number of rotatable bonds is 4. The van der Waals surface area contributed by atoms with Gasteiger partial charge in [-0.15, -0.1) is 0 Å². The third kappa shape index (κ3) is 4.40. The summed E-state index contributed by atoms with van der Waals surface area (Å²) in [7, 11) is 1.54. The molecular formula is C20H25FN4O4. The second-order valence-corrected chi connectivity index (χ2v) is 7.96. The molecule has 0 bridgehead atoms. The zero-order valence-electron chi connectivity index (χ0n) is 16.9. The first kappa shape index (κ1) is 20.8. The third-order valence-electron chi connectivity index (χ3n) is 4.48. The Kier molecular flexibility index (Phi) is 5.61. The van der Waals surface area contributed by atoms with E-state index < -0.39 is 23.4 Å². The minimum absolute atomic E-state index is 0.0930. The van der Waals surface area contributed by atoms with Crippen molar-refractivity contribution < 1.29 is 23.5 Å². The highest BCUT2D eigenvalue weighted by Gasteiger charge is 2.36. The molecule has 156 valence electrons. The fourth-order valence-corrected chi connectivity index (χ4v) is 3.38. The van der Waals surface area contributed by atoms with E-state index in [1.54, 1.807) is 31.5 Å². The van der Waals surface area contributed by atoms with Gasteiger partial charge >= 0.3 is 6.09 Å². The van der Waals surface area contributed by atoms with E-state index in [4.69, 9.17) is 15.2 Å². The van der Waals surface area contributed by atoms with Gasteiger partial charge in [0.15, 0.2) is 0 Å². The second-order valence-electron chi connectivity index (χ2n) is 7.96. The Morgan fingerprint density at radius 1 is 1.34 bits per heavy atom. The molecule has 1 aromatic carbocycles. The molecule has 1 aliphatic rings. The van der Waals surface area contributed by atoms with Gasteiger partial charge in [-0.25, -0.2) is 9.18 Å². The molecule has 0 spiro atoms. The number of amides is 2. The highest BCUT2D eigenvalue weighted by molar-refractivity contribution is 6.00. The Morgan fingerprint density at radius 2 is 2.07 bits per heavy atom. The van der Waals surface area contributed by atoms with Gasteiger partial charge in [0, 0.05) is 19.2 Å². The number of methoxy groups -OCH3 is 1. The van der Waals surface area contributed by atoms with E-state index in [0.717, 1.165) is 0 Å². The molecule has 0 radical (unpaired) electrons. The van der Waals surface area contributed by atoms with E-state index in [0.29, 0.717) is 11.3 Å². The SMILES string of the molecule is COCC1CN(C(=O)OC(C)(C)C)Cc2c(C(N)=O)c(-c3cccc(F)c3)nn21. The lowest BCUT2D eigenvalue weighted by atomic mass is 10.0. The Bertz CT molecular complexity index is 935. The van der Waals surface area contributed by atoms with Crippen LogP contribution in [0.5, 0.6) is 0 Å². The van der Waals surface area contributed by atoms with Crippen molar-refractivity contribution in [2.24, 2.45) is 5.73 Å². The fraction of sp³-hybridized carbons (Fsp3) is 0.450. The zero-order valence-corrected chi connectivity index (χ0v) is 16.9. The van der Waals surface area contributed by atoms with Crippen LogP contribution >= 0.6 is 0 Å². The summed E-state index contributed by atoms with van der Waals surface area (Å²) in [5.74, 6) is -1.15. The van der Waals surface area contributed by atoms with Gasteiger partial charge in [-0.05, 0) is 32.9 Å². The maximum atomic E-state index is 13.8. The molecule has 0 saturated carbocycles. The lowest BCUT2D eigenvalue weighted by molar-refractivity contribution is 0.0108. The molecule has 1 aromatic heterocycles. The van der Waals surface area contributed by atoms with Crippen molar-refractivity contribution in [1.82, 2.24) is 14.7 Å². The number of aromatic nitrogens is 2. The van der Waals surface area contributed by atoms with Crippen LogP contribution in [0, 0.1) is 5.82 Å². The first-order valence-corrected chi connectivity index (χ1v) is 9.24. The standard InChI is InChI=1S/C20H25FN4O4/c1-20(2,3)29-19(27)24-9-14(11-28-4)25-15(10-24)16(18(22)26)17(23-25)12-6-5-7-13(21)8-12/h5-8,14H,9-11H2,1-4H3,(H2,22,26). The molecule has 2 N–H and O–H groups in total. The minimum atomic E-state index is -0.701.